The minimum Gasteiger partial charge on any atom is -0.492 e. The number of imidazole rings is 1. The predicted octanol–water partition coefficient (Wildman–Crippen LogP) is 5.41. The fourth-order valence-corrected chi connectivity index (χ4v) is 3.92. The van der Waals surface area contributed by atoms with E-state index < -0.39 is 0 Å². The van der Waals surface area contributed by atoms with Gasteiger partial charge in [0.2, 0.25) is 0 Å². The summed E-state index contributed by atoms with van der Waals surface area (Å²) in [5.41, 5.74) is 3.47. The molecule has 172 valence electrons. The quantitative estimate of drug-likeness (QED) is 0.296. The van der Waals surface area contributed by atoms with Gasteiger partial charge in [-0.2, -0.15) is 0 Å². The summed E-state index contributed by atoms with van der Waals surface area (Å²) in [7, 11) is 0. The van der Waals surface area contributed by atoms with Crippen LogP contribution in [0.4, 0.5) is 0 Å². The molecule has 4 rings (SSSR count). The van der Waals surface area contributed by atoms with Crippen LogP contribution in [0.1, 0.15) is 48.1 Å². The number of aryl methyl sites for hydroxylation is 2. The van der Waals surface area contributed by atoms with Crippen molar-refractivity contribution in [1.29, 1.82) is 0 Å². The van der Waals surface area contributed by atoms with E-state index in [4.69, 9.17) is 14.1 Å². The summed E-state index contributed by atoms with van der Waals surface area (Å²) >= 11 is 0. The summed E-state index contributed by atoms with van der Waals surface area (Å²) in [6.45, 7) is 4.14. The number of ether oxygens (including phenoxy) is 1. The van der Waals surface area contributed by atoms with Gasteiger partial charge < -0.3 is 19.0 Å². The van der Waals surface area contributed by atoms with E-state index >= 15 is 0 Å². The number of nitrogens with one attached hydrogen (secondary N) is 1. The maximum absolute atomic E-state index is 11.9. The summed E-state index contributed by atoms with van der Waals surface area (Å²) < 4.78 is 13.4. The maximum Gasteiger partial charge on any atom is 0.286 e. The molecule has 2 aromatic heterocycles. The van der Waals surface area contributed by atoms with E-state index in [1.807, 2.05) is 18.2 Å². The van der Waals surface area contributed by atoms with E-state index in [1.165, 1.54) is 11.8 Å². The number of carbonyl (C=O) groups excluding carboxylic acids is 1. The van der Waals surface area contributed by atoms with Crippen molar-refractivity contribution in [2.75, 3.05) is 13.2 Å². The topological polar surface area (TPSA) is 69.3 Å². The number of aromatic nitrogens is 2. The molecule has 6 nitrogen and oxygen atoms in total. The van der Waals surface area contributed by atoms with Crippen LogP contribution < -0.4 is 10.1 Å². The molecule has 2 aromatic carbocycles. The number of para-hydroxylation sites is 2. The molecule has 6 heteroatoms. The molecule has 0 saturated heterocycles. The minimum absolute atomic E-state index is 0.161. The number of fused-ring (bicyclic) bond motifs is 1. The van der Waals surface area contributed by atoms with Crippen molar-refractivity contribution in [2.24, 2.45) is 0 Å². The number of carbonyl (C=O) groups is 1. The third-order valence-electron chi connectivity index (χ3n) is 5.76. The molecule has 0 radical (unpaired) electrons. The Morgan fingerprint density at radius 3 is 2.67 bits per heavy atom. The minimum atomic E-state index is -0.161. The van der Waals surface area contributed by atoms with Crippen molar-refractivity contribution >= 4 is 16.9 Å². The molecule has 0 aliphatic rings. The van der Waals surface area contributed by atoms with Crippen molar-refractivity contribution in [3.05, 3.63) is 84.1 Å². The van der Waals surface area contributed by atoms with Gasteiger partial charge in [-0.25, -0.2) is 4.98 Å². The third kappa shape index (κ3) is 6.04. The van der Waals surface area contributed by atoms with E-state index in [0.717, 1.165) is 61.3 Å². The van der Waals surface area contributed by atoms with Crippen molar-refractivity contribution in [3.63, 3.8) is 0 Å². The lowest BCUT2D eigenvalue weighted by Crippen LogP contribution is -2.23. The van der Waals surface area contributed by atoms with Gasteiger partial charge >= 0.3 is 0 Å². The number of nitrogens with zero attached hydrogens (tertiary/aromatic N) is 2. The average Bonchev–Trinajstić information content (AvgIpc) is 3.50. The fraction of sp³-hybridized carbons (Fsp3) is 0.333. The highest BCUT2D eigenvalue weighted by atomic mass is 16.5. The molecular weight excluding hydrogens is 414 g/mol. The molecule has 0 atom stereocenters. The summed E-state index contributed by atoms with van der Waals surface area (Å²) in [5.74, 6) is 2.17. The van der Waals surface area contributed by atoms with Crippen LogP contribution in [-0.4, -0.2) is 28.6 Å². The van der Waals surface area contributed by atoms with E-state index in [9.17, 15) is 4.79 Å². The normalized spacial score (nSPS) is 11.1. The van der Waals surface area contributed by atoms with Crippen LogP contribution in [0.25, 0.3) is 11.0 Å². The fourth-order valence-electron chi connectivity index (χ4n) is 3.92. The van der Waals surface area contributed by atoms with Gasteiger partial charge in [0.15, 0.2) is 5.76 Å². The zero-order valence-electron chi connectivity index (χ0n) is 19.1. The van der Waals surface area contributed by atoms with Gasteiger partial charge in [-0.3, -0.25) is 4.79 Å². The van der Waals surface area contributed by atoms with Gasteiger partial charge in [0.05, 0.1) is 23.8 Å². The first-order valence-electron chi connectivity index (χ1n) is 11.7. The molecule has 1 amide bonds. The molecule has 2 heterocycles. The van der Waals surface area contributed by atoms with Gasteiger partial charge in [0, 0.05) is 13.0 Å². The van der Waals surface area contributed by atoms with Gasteiger partial charge in [-0.1, -0.05) is 37.6 Å². The van der Waals surface area contributed by atoms with Crippen LogP contribution in [0.3, 0.4) is 0 Å². The zero-order valence-corrected chi connectivity index (χ0v) is 19.1. The first-order valence-corrected chi connectivity index (χ1v) is 11.7. The molecular formula is C27H31N3O3. The molecule has 0 fully saturated rings. The molecule has 4 aromatic rings. The first kappa shape index (κ1) is 22.6. The summed E-state index contributed by atoms with van der Waals surface area (Å²) in [6.07, 6.45) is 6.38. The Morgan fingerprint density at radius 1 is 1.03 bits per heavy atom. The second kappa shape index (κ2) is 11.4. The summed E-state index contributed by atoms with van der Waals surface area (Å²) in [6, 6.07) is 19.9. The summed E-state index contributed by atoms with van der Waals surface area (Å²) in [5, 5.41) is 2.90. The predicted molar refractivity (Wildman–Crippen MR) is 130 cm³/mol. The van der Waals surface area contributed by atoms with E-state index in [0.29, 0.717) is 18.9 Å². The molecule has 0 aliphatic heterocycles. The number of furan rings is 1. The number of unbranched alkanes of at least 4 members (excludes halogenated alkanes) is 2. The van der Waals surface area contributed by atoms with Crippen molar-refractivity contribution in [2.45, 2.75) is 45.6 Å². The Labute approximate surface area is 194 Å². The Balaban J connectivity index is 1.27. The molecule has 0 aliphatic carbocycles. The number of hydrogen-bond acceptors (Lipinski definition) is 4. The number of amides is 1. The van der Waals surface area contributed by atoms with Gasteiger partial charge in [-0.15, -0.1) is 0 Å². The Bertz CT molecular complexity index is 1150. The van der Waals surface area contributed by atoms with Crippen LogP contribution in [0, 0.1) is 0 Å². The lowest BCUT2D eigenvalue weighted by atomic mass is 10.2. The highest BCUT2D eigenvalue weighted by Gasteiger charge is 2.11. The summed E-state index contributed by atoms with van der Waals surface area (Å²) in [4.78, 5) is 16.8. The lowest BCUT2D eigenvalue weighted by Gasteiger charge is -2.11. The monoisotopic (exact) mass is 445 g/mol. The second-order valence-electron chi connectivity index (χ2n) is 8.06. The van der Waals surface area contributed by atoms with Crippen molar-refractivity contribution in [3.8, 4) is 5.75 Å². The highest BCUT2D eigenvalue weighted by molar-refractivity contribution is 5.91. The zero-order chi connectivity index (χ0) is 22.9. The number of rotatable bonds is 12. The van der Waals surface area contributed by atoms with Crippen molar-refractivity contribution in [1.82, 2.24) is 14.9 Å². The molecule has 0 bridgehead atoms. The SMILES string of the molecule is CCc1ccc(OCCn2c(CCCCCNC(=O)c3ccco3)nc3ccccc32)cc1. The number of benzene rings is 2. The second-order valence-corrected chi connectivity index (χ2v) is 8.06. The molecule has 1 N–H and O–H groups in total. The molecule has 0 spiro atoms. The molecule has 33 heavy (non-hydrogen) atoms. The maximum atomic E-state index is 11.9. The van der Waals surface area contributed by atoms with Crippen LogP contribution in [0.15, 0.2) is 71.3 Å². The lowest BCUT2D eigenvalue weighted by molar-refractivity contribution is 0.0925. The molecule has 0 unspecified atom stereocenters. The Hall–Kier alpha value is -3.54. The highest BCUT2D eigenvalue weighted by Crippen LogP contribution is 2.19. The Kier molecular flexibility index (Phi) is 7.80. The van der Waals surface area contributed by atoms with Crippen LogP contribution >= 0.6 is 0 Å². The van der Waals surface area contributed by atoms with Crippen molar-refractivity contribution < 1.29 is 13.9 Å². The van der Waals surface area contributed by atoms with Crippen LogP contribution in [-0.2, 0) is 19.4 Å². The van der Waals surface area contributed by atoms with E-state index in [-0.39, 0.29) is 5.91 Å². The largest absolute Gasteiger partial charge is 0.492 e. The average molecular weight is 446 g/mol. The Morgan fingerprint density at radius 2 is 1.88 bits per heavy atom. The number of hydrogen-bond donors (Lipinski definition) is 1. The van der Waals surface area contributed by atoms with Gasteiger partial charge in [0.25, 0.3) is 5.91 Å². The first-order chi connectivity index (χ1) is 16.2. The smallest absolute Gasteiger partial charge is 0.286 e. The molecule has 0 saturated carbocycles. The van der Waals surface area contributed by atoms with E-state index in [1.54, 1.807) is 12.1 Å². The van der Waals surface area contributed by atoms with Gasteiger partial charge in [-0.05, 0) is 61.2 Å². The van der Waals surface area contributed by atoms with Gasteiger partial charge in [0.1, 0.15) is 18.2 Å². The third-order valence-corrected chi connectivity index (χ3v) is 5.76. The van der Waals surface area contributed by atoms with Crippen LogP contribution in [0.2, 0.25) is 0 Å². The standard InChI is InChI=1S/C27H31N3O3/c1-2-21-13-15-22(16-14-21)32-20-18-30-24-10-6-5-9-23(24)29-26(30)12-4-3-7-17-28-27(31)25-11-8-19-33-25/h5-6,8-11,13-16,19H,2-4,7,12,17-18,20H2,1H3,(H,28,31). The van der Waals surface area contributed by atoms with Crippen LogP contribution in [0.5, 0.6) is 5.75 Å². The van der Waals surface area contributed by atoms with E-state index in [2.05, 4.69) is 47.1 Å².